The average Bonchev–Trinajstić information content (AvgIpc) is 2.77. The molecule has 2 aliphatic rings. The lowest BCUT2D eigenvalue weighted by molar-refractivity contribution is -0.114. The number of carbonyl (C=O) groups is 2. The van der Waals surface area contributed by atoms with Crippen molar-refractivity contribution >= 4 is 23.5 Å². The largest absolute Gasteiger partial charge is 0.504 e. The highest BCUT2D eigenvalue weighted by molar-refractivity contribution is 6.31. The van der Waals surface area contributed by atoms with Crippen LogP contribution < -0.4 is 10.6 Å². The van der Waals surface area contributed by atoms with Crippen LogP contribution in [0.15, 0.2) is 48.7 Å². The Morgan fingerprint density at radius 3 is 2.52 bits per heavy atom. The fourth-order valence-corrected chi connectivity index (χ4v) is 4.11. The summed E-state index contributed by atoms with van der Waals surface area (Å²) in [5, 5.41) is 24.5. The Morgan fingerprint density at radius 1 is 0.935 bits per heavy atom. The van der Waals surface area contributed by atoms with Gasteiger partial charge in [0.05, 0.1) is 5.57 Å². The van der Waals surface area contributed by atoms with Crippen LogP contribution in [0.1, 0.15) is 59.2 Å². The maximum atomic E-state index is 12.5. The van der Waals surface area contributed by atoms with E-state index in [2.05, 4.69) is 22.8 Å². The molecule has 2 aromatic carbocycles. The quantitative estimate of drug-likeness (QED) is 0.333. The summed E-state index contributed by atoms with van der Waals surface area (Å²) in [6, 6.07) is 10.1. The molecule has 1 fully saturated rings. The summed E-state index contributed by atoms with van der Waals surface area (Å²) in [5.74, 6) is -0.647. The third kappa shape index (κ3) is 4.79. The number of phenolic OH excluding ortho intramolecular Hbond substituents is 2. The molecule has 1 saturated carbocycles. The first kappa shape index (κ1) is 20.7. The van der Waals surface area contributed by atoms with Crippen LogP contribution in [0.5, 0.6) is 11.5 Å². The van der Waals surface area contributed by atoms with E-state index in [1.165, 1.54) is 44.2 Å². The van der Waals surface area contributed by atoms with Gasteiger partial charge in [0, 0.05) is 23.9 Å². The number of amides is 2. The Kier molecular flexibility index (Phi) is 6.07. The Morgan fingerprint density at radius 2 is 1.74 bits per heavy atom. The molecule has 2 amide bonds. The maximum Gasteiger partial charge on any atom is 0.260 e. The van der Waals surface area contributed by atoms with Crippen LogP contribution in [0.25, 0.3) is 11.6 Å². The molecule has 6 nitrogen and oxygen atoms in total. The van der Waals surface area contributed by atoms with Crippen molar-refractivity contribution in [2.75, 3.05) is 0 Å². The number of nitrogens with one attached hydrogen (secondary N) is 2. The molecule has 0 bridgehead atoms. The summed E-state index contributed by atoms with van der Waals surface area (Å²) >= 11 is 0. The second-order valence-corrected chi connectivity index (χ2v) is 8.11. The number of benzene rings is 2. The first-order chi connectivity index (χ1) is 15.0. The van der Waals surface area contributed by atoms with E-state index >= 15 is 0 Å². The molecule has 4 N–H and O–H groups in total. The van der Waals surface area contributed by atoms with Gasteiger partial charge in [0.2, 0.25) is 0 Å². The SMILES string of the molecule is O=C1NC(=O)c2ccc(C=CC3CCCCC3)cc2C1=CNCc1ccc(O)c(O)c1. The van der Waals surface area contributed by atoms with E-state index in [0.717, 1.165) is 11.1 Å². The molecule has 0 spiro atoms. The predicted molar refractivity (Wildman–Crippen MR) is 119 cm³/mol. The van der Waals surface area contributed by atoms with Crippen LogP contribution in [0.4, 0.5) is 0 Å². The minimum absolute atomic E-state index is 0.185. The highest BCUT2D eigenvalue weighted by Gasteiger charge is 2.27. The number of fused-ring (bicyclic) bond motifs is 1. The van der Waals surface area contributed by atoms with Crippen LogP contribution in [0.3, 0.4) is 0 Å². The highest BCUT2D eigenvalue weighted by atomic mass is 16.3. The summed E-state index contributed by atoms with van der Waals surface area (Å²) in [5.41, 5.74) is 3.14. The minimum atomic E-state index is -0.452. The Bertz CT molecular complexity index is 1070. The van der Waals surface area contributed by atoms with Gasteiger partial charge in [-0.15, -0.1) is 0 Å². The molecule has 0 saturated heterocycles. The third-order valence-electron chi connectivity index (χ3n) is 5.85. The van der Waals surface area contributed by atoms with Gasteiger partial charge in [-0.1, -0.05) is 43.5 Å². The standard InChI is InChI=1S/C25H26N2O4/c28-22-11-9-18(13-23(22)29)14-26-15-21-20-12-17(7-6-16-4-2-1-3-5-16)8-10-19(20)24(30)27-25(21)31/h6-13,15-16,26,28-29H,1-5,14H2,(H,27,30,31). The number of aromatic hydroxyl groups is 2. The number of carbonyl (C=O) groups excluding carboxylic acids is 2. The van der Waals surface area contributed by atoms with Gasteiger partial charge in [-0.3, -0.25) is 14.9 Å². The molecule has 160 valence electrons. The zero-order chi connectivity index (χ0) is 21.8. The van der Waals surface area contributed by atoms with Gasteiger partial charge in [0.25, 0.3) is 11.8 Å². The van der Waals surface area contributed by atoms with Gasteiger partial charge in [-0.05, 0) is 54.2 Å². The van der Waals surface area contributed by atoms with Gasteiger partial charge in [-0.2, -0.15) is 0 Å². The van der Waals surface area contributed by atoms with Gasteiger partial charge >= 0.3 is 0 Å². The smallest absolute Gasteiger partial charge is 0.260 e. The molecule has 4 rings (SSSR count). The van der Waals surface area contributed by atoms with Crippen molar-refractivity contribution in [3.63, 3.8) is 0 Å². The lowest BCUT2D eigenvalue weighted by Gasteiger charge is -2.20. The highest BCUT2D eigenvalue weighted by Crippen LogP contribution is 2.28. The summed E-state index contributed by atoms with van der Waals surface area (Å²) < 4.78 is 0. The second-order valence-electron chi connectivity index (χ2n) is 8.11. The molecule has 1 heterocycles. The van der Waals surface area contributed by atoms with E-state index in [4.69, 9.17) is 0 Å². The number of hydrogen-bond donors (Lipinski definition) is 4. The Balaban J connectivity index is 1.55. The molecule has 0 unspecified atom stereocenters. The van der Waals surface area contributed by atoms with Crippen molar-refractivity contribution in [3.05, 3.63) is 70.9 Å². The third-order valence-corrected chi connectivity index (χ3v) is 5.85. The van der Waals surface area contributed by atoms with Gasteiger partial charge < -0.3 is 15.5 Å². The van der Waals surface area contributed by atoms with Crippen molar-refractivity contribution in [1.82, 2.24) is 10.6 Å². The van der Waals surface area contributed by atoms with Crippen molar-refractivity contribution < 1.29 is 19.8 Å². The average molecular weight is 418 g/mol. The molecule has 1 aliphatic carbocycles. The first-order valence-corrected chi connectivity index (χ1v) is 10.6. The molecule has 6 heteroatoms. The zero-order valence-electron chi connectivity index (χ0n) is 17.2. The van der Waals surface area contributed by atoms with Crippen LogP contribution in [0, 0.1) is 5.92 Å². The minimum Gasteiger partial charge on any atom is -0.504 e. The lowest BCUT2D eigenvalue weighted by Crippen LogP contribution is -2.37. The fourth-order valence-electron chi connectivity index (χ4n) is 4.11. The normalized spacial score (nSPS) is 18.3. The summed E-state index contributed by atoms with van der Waals surface area (Å²) in [7, 11) is 0. The van der Waals surface area contributed by atoms with Crippen LogP contribution in [-0.4, -0.2) is 22.0 Å². The molecule has 1 aliphatic heterocycles. The van der Waals surface area contributed by atoms with Crippen molar-refractivity contribution in [1.29, 1.82) is 0 Å². The van der Waals surface area contributed by atoms with Crippen molar-refractivity contribution in [3.8, 4) is 11.5 Å². The van der Waals surface area contributed by atoms with Crippen molar-refractivity contribution in [2.45, 2.75) is 38.6 Å². The second kappa shape index (κ2) is 9.08. The molecule has 2 aromatic rings. The topological polar surface area (TPSA) is 98.7 Å². The molecule has 31 heavy (non-hydrogen) atoms. The van der Waals surface area contributed by atoms with Gasteiger partial charge in [-0.25, -0.2) is 0 Å². The van der Waals surface area contributed by atoms with Crippen molar-refractivity contribution in [2.24, 2.45) is 5.92 Å². The van der Waals surface area contributed by atoms with Gasteiger partial charge in [0.15, 0.2) is 11.5 Å². The van der Waals surface area contributed by atoms with E-state index < -0.39 is 11.8 Å². The van der Waals surface area contributed by atoms with E-state index in [1.807, 2.05) is 12.1 Å². The number of hydrogen-bond acceptors (Lipinski definition) is 5. The maximum absolute atomic E-state index is 12.5. The Hall–Kier alpha value is -3.54. The van der Waals surface area contributed by atoms with E-state index in [0.29, 0.717) is 29.2 Å². The van der Waals surface area contributed by atoms with E-state index in [9.17, 15) is 19.8 Å². The Labute approximate surface area is 181 Å². The number of phenols is 2. The molecule has 0 aromatic heterocycles. The zero-order valence-corrected chi connectivity index (χ0v) is 17.2. The van der Waals surface area contributed by atoms with Crippen LogP contribution >= 0.6 is 0 Å². The molecular formula is C25H26N2O4. The molecule has 0 radical (unpaired) electrons. The van der Waals surface area contributed by atoms with Crippen LogP contribution in [0.2, 0.25) is 0 Å². The van der Waals surface area contributed by atoms with Gasteiger partial charge in [0.1, 0.15) is 0 Å². The monoisotopic (exact) mass is 418 g/mol. The van der Waals surface area contributed by atoms with E-state index in [1.54, 1.807) is 18.3 Å². The number of rotatable bonds is 5. The van der Waals surface area contributed by atoms with E-state index in [-0.39, 0.29) is 11.5 Å². The molecule has 0 atom stereocenters. The fraction of sp³-hybridized carbons (Fsp3) is 0.280. The summed E-state index contributed by atoms with van der Waals surface area (Å²) in [6.45, 7) is 0.342. The first-order valence-electron chi connectivity index (χ1n) is 10.6. The number of imide groups is 1. The van der Waals surface area contributed by atoms with Crippen LogP contribution in [-0.2, 0) is 11.3 Å². The summed E-state index contributed by atoms with van der Waals surface area (Å²) in [4.78, 5) is 24.8. The molecular weight excluding hydrogens is 392 g/mol. The number of allylic oxidation sites excluding steroid dienone is 1. The summed E-state index contributed by atoms with van der Waals surface area (Å²) in [6.07, 6.45) is 12.2. The predicted octanol–water partition coefficient (Wildman–Crippen LogP) is 4.09. The lowest BCUT2D eigenvalue weighted by atomic mass is 9.88.